The Balaban J connectivity index is 2.24. The Morgan fingerprint density at radius 2 is 1.86 bits per heavy atom. The Kier molecular flexibility index (Phi) is 5.49. The Morgan fingerprint density at radius 1 is 1.14 bits per heavy atom. The topological polar surface area (TPSA) is 69.6 Å². The van der Waals surface area contributed by atoms with Crippen LogP contribution in [0.4, 0.5) is 0 Å². The van der Waals surface area contributed by atoms with Crippen LogP contribution >= 0.6 is 0 Å². The van der Waals surface area contributed by atoms with E-state index in [0.717, 1.165) is 23.6 Å². The number of hydrogen-bond donors (Lipinski definition) is 2. The van der Waals surface area contributed by atoms with E-state index >= 15 is 0 Å². The fraction of sp³-hybridized carbons (Fsp3) is 0.294. The zero-order valence-corrected chi connectivity index (χ0v) is 12.6. The van der Waals surface area contributed by atoms with Crippen LogP contribution in [0.5, 0.6) is 0 Å². The van der Waals surface area contributed by atoms with Crippen LogP contribution in [-0.2, 0) is 4.79 Å². The summed E-state index contributed by atoms with van der Waals surface area (Å²) in [5.41, 5.74) is 2.12. The lowest BCUT2D eigenvalue weighted by molar-refractivity contribution is -0.129. The van der Waals surface area contributed by atoms with Crippen LogP contribution in [0.3, 0.4) is 0 Å². The minimum Gasteiger partial charge on any atom is -0.329 e. The predicted molar refractivity (Wildman–Crippen MR) is 84.7 cm³/mol. The van der Waals surface area contributed by atoms with Crippen molar-refractivity contribution < 1.29 is 14.8 Å². The summed E-state index contributed by atoms with van der Waals surface area (Å²) >= 11 is 0. The van der Waals surface area contributed by atoms with Gasteiger partial charge in [0.1, 0.15) is 6.54 Å². The lowest BCUT2D eigenvalue weighted by Gasteiger charge is -2.21. The van der Waals surface area contributed by atoms with Gasteiger partial charge in [-0.15, -0.1) is 0 Å². The van der Waals surface area contributed by atoms with Gasteiger partial charge in [0.25, 0.3) is 11.8 Å². The van der Waals surface area contributed by atoms with Gasteiger partial charge in [0.15, 0.2) is 0 Å². The number of hydrogen-bond acceptors (Lipinski definition) is 3. The first-order chi connectivity index (χ1) is 10.7. The Labute approximate surface area is 129 Å². The summed E-state index contributed by atoms with van der Waals surface area (Å²) in [5, 5.41) is 10.7. The highest BCUT2D eigenvalue weighted by molar-refractivity contribution is 5.99. The van der Waals surface area contributed by atoms with Crippen LogP contribution in [0, 0.1) is 0 Å². The standard InChI is InChI=1S/C17H20N2O3/c1-2-3-10-19(12-16(20)18-22)17(21)15-9-8-13-6-4-5-7-14(13)11-15/h4-9,11,22H,2-3,10,12H2,1H3,(H,18,20). The average Bonchev–Trinajstić information content (AvgIpc) is 2.57. The zero-order valence-electron chi connectivity index (χ0n) is 12.6. The molecule has 0 saturated carbocycles. The second-order valence-electron chi connectivity index (χ2n) is 5.18. The molecular weight excluding hydrogens is 280 g/mol. The highest BCUT2D eigenvalue weighted by Gasteiger charge is 2.18. The molecule has 116 valence electrons. The van der Waals surface area contributed by atoms with Crippen LogP contribution in [-0.4, -0.2) is 35.0 Å². The SMILES string of the molecule is CCCCN(CC(=O)NO)C(=O)c1ccc2ccccc2c1. The van der Waals surface area contributed by atoms with Gasteiger partial charge < -0.3 is 4.90 Å². The predicted octanol–water partition coefficient (Wildman–Crippen LogP) is 2.59. The van der Waals surface area contributed by atoms with Crippen LogP contribution in [0.2, 0.25) is 0 Å². The van der Waals surface area contributed by atoms with Crippen molar-refractivity contribution in [1.82, 2.24) is 10.4 Å². The van der Waals surface area contributed by atoms with E-state index in [4.69, 9.17) is 5.21 Å². The molecule has 0 heterocycles. The van der Waals surface area contributed by atoms with Crippen LogP contribution in [0.1, 0.15) is 30.1 Å². The fourth-order valence-corrected chi connectivity index (χ4v) is 2.32. The first kappa shape index (κ1) is 16.0. The molecule has 0 aromatic heterocycles. The highest BCUT2D eigenvalue weighted by atomic mass is 16.5. The van der Waals surface area contributed by atoms with Crippen molar-refractivity contribution >= 4 is 22.6 Å². The summed E-state index contributed by atoms with van der Waals surface area (Å²) in [7, 11) is 0. The Morgan fingerprint density at radius 3 is 2.55 bits per heavy atom. The maximum Gasteiger partial charge on any atom is 0.262 e. The number of rotatable bonds is 6. The minimum atomic E-state index is -0.592. The lowest BCUT2D eigenvalue weighted by atomic mass is 10.1. The number of hydroxylamine groups is 1. The second kappa shape index (κ2) is 7.56. The summed E-state index contributed by atoms with van der Waals surface area (Å²) in [6.45, 7) is 2.35. The molecule has 0 fully saturated rings. The molecule has 0 aliphatic heterocycles. The minimum absolute atomic E-state index is 0.151. The van der Waals surface area contributed by atoms with Crippen LogP contribution < -0.4 is 5.48 Å². The monoisotopic (exact) mass is 300 g/mol. The maximum atomic E-state index is 12.6. The van der Waals surface area contributed by atoms with E-state index in [0.29, 0.717) is 12.1 Å². The Hall–Kier alpha value is -2.40. The number of nitrogens with zero attached hydrogens (tertiary/aromatic N) is 1. The van der Waals surface area contributed by atoms with E-state index in [-0.39, 0.29) is 12.5 Å². The molecule has 0 unspecified atom stereocenters. The van der Waals surface area contributed by atoms with Gasteiger partial charge >= 0.3 is 0 Å². The third kappa shape index (κ3) is 3.83. The van der Waals surface area contributed by atoms with E-state index in [9.17, 15) is 9.59 Å². The molecule has 5 heteroatoms. The molecule has 22 heavy (non-hydrogen) atoms. The largest absolute Gasteiger partial charge is 0.329 e. The van der Waals surface area contributed by atoms with E-state index in [1.165, 1.54) is 4.90 Å². The molecule has 2 aromatic carbocycles. The quantitative estimate of drug-likeness (QED) is 0.636. The summed E-state index contributed by atoms with van der Waals surface area (Å²) in [4.78, 5) is 25.4. The molecule has 0 aliphatic rings. The first-order valence-corrected chi connectivity index (χ1v) is 7.36. The van der Waals surface area contributed by atoms with Crippen LogP contribution in [0.25, 0.3) is 10.8 Å². The number of unbranched alkanes of at least 4 members (excludes halogenated alkanes) is 1. The second-order valence-corrected chi connectivity index (χ2v) is 5.18. The summed E-state index contributed by atoms with van der Waals surface area (Å²) in [6, 6.07) is 13.3. The summed E-state index contributed by atoms with van der Waals surface area (Å²) < 4.78 is 0. The molecule has 0 atom stereocenters. The maximum absolute atomic E-state index is 12.6. The first-order valence-electron chi connectivity index (χ1n) is 7.36. The van der Waals surface area contributed by atoms with Gasteiger partial charge in [0.05, 0.1) is 0 Å². The van der Waals surface area contributed by atoms with E-state index in [1.54, 1.807) is 11.5 Å². The third-order valence-electron chi connectivity index (χ3n) is 3.52. The highest BCUT2D eigenvalue weighted by Crippen LogP contribution is 2.17. The molecule has 0 saturated heterocycles. The normalized spacial score (nSPS) is 10.5. The molecule has 5 nitrogen and oxygen atoms in total. The van der Waals surface area contributed by atoms with Gasteiger partial charge in [-0.1, -0.05) is 43.7 Å². The number of carbonyl (C=O) groups is 2. The van der Waals surface area contributed by atoms with Crippen molar-refractivity contribution in [2.45, 2.75) is 19.8 Å². The van der Waals surface area contributed by atoms with E-state index in [2.05, 4.69) is 0 Å². The number of carbonyl (C=O) groups excluding carboxylic acids is 2. The van der Waals surface area contributed by atoms with E-state index < -0.39 is 5.91 Å². The molecule has 2 rings (SSSR count). The van der Waals surface area contributed by atoms with Crippen LogP contribution in [0.15, 0.2) is 42.5 Å². The molecular formula is C17H20N2O3. The molecule has 2 aromatic rings. The van der Waals surface area contributed by atoms with Gasteiger partial charge in [-0.2, -0.15) is 0 Å². The molecule has 0 radical (unpaired) electrons. The number of nitrogens with one attached hydrogen (secondary N) is 1. The zero-order chi connectivity index (χ0) is 15.9. The van der Waals surface area contributed by atoms with Gasteiger partial charge in [0.2, 0.25) is 0 Å². The molecule has 2 amide bonds. The Bertz CT molecular complexity index is 670. The van der Waals surface area contributed by atoms with Gasteiger partial charge in [0, 0.05) is 12.1 Å². The van der Waals surface area contributed by atoms with Gasteiger partial charge in [-0.25, -0.2) is 5.48 Å². The van der Waals surface area contributed by atoms with Crippen molar-refractivity contribution in [2.75, 3.05) is 13.1 Å². The molecule has 0 bridgehead atoms. The number of benzene rings is 2. The van der Waals surface area contributed by atoms with Crippen molar-refractivity contribution in [3.63, 3.8) is 0 Å². The van der Waals surface area contributed by atoms with Crippen molar-refractivity contribution in [3.8, 4) is 0 Å². The number of amides is 2. The van der Waals surface area contributed by atoms with Crippen molar-refractivity contribution in [3.05, 3.63) is 48.0 Å². The smallest absolute Gasteiger partial charge is 0.262 e. The lowest BCUT2D eigenvalue weighted by Crippen LogP contribution is -2.40. The number of fused-ring (bicyclic) bond motifs is 1. The van der Waals surface area contributed by atoms with Crippen molar-refractivity contribution in [2.24, 2.45) is 0 Å². The van der Waals surface area contributed by atoms with E-state index in [1.807, 2.05) is 43.3 Å². The summed E-state index contributed by atoms with van der Waals surface area (Å²) in [6.07, 6.45) is 1.72. The average molecular weight is 300 g/mol. The molecule has 0 spiro atoms. The third-order valence-corrected chi connectivity index (χ3v) is 3.52. The van der Waals surface area contributed by atoms with Gasteiger partial charge in [-0.05, 0) is 29.3 Å². The molecule has 0 aliphatic carbocycles. The van der Waals surface area contributed by atoms with Crippen molar-refractivity contribution in [1.29, 1.82) is 0 Å². The molecule has 2 N–H and O–H groups in total. The van der Waals surface area contributed by atoms with Gasteiger partial charge in [-0.3, -0.25) is 14.8 Å². The fourth-order valence-electron chi connectivity index (χ4n) is 2.32. The summed E-state index contributed by atoms with van der Waals surface area (Å²) in [5.74, 6) is -0.798.